The lowest BCUT2D eigenvalue weighted by Gasteiger charge is -2.12. The third kappa shape index (κ3) is 5.42. The zero-order chi connectivity index (χ0) is 23.6. The van der Waals surface area contributed by atoms with E-state index in [1.54, 1.807) is 29.3 Å². The molecule has 11 heteroatoms. The molecule has 0 bridgehead atoms. The van der Waals surface area contributed by atoms with E-state index < -0.39 is 9.84 Å². The van der Waals surface area contributed by atoms with E-state index in [-0.39, 0.29) is 5.75 Å². The molecular weight excluding hydrogens is 462 g/mol. The molecule has 0 atom stereocenters. The van der Waals surface area contributed by atoms with Crippen molar-refractivity contribution in [2.75, 3.05) is 31.0 Å². The van der Waals surface area contributed by atoms with Gasteiger partial charge in [0.25, 0.3) is 0 Å². The second-order valence-corrected chi connectivity index (χ2v) is 11.2. The second-order valence-electron chi connectivity index (χ2n) is 7.66. The molecule has 0 amide bonds. The van der Waals surface area contributed by atoms with Crippen molar-refractivity contribution in [3.05, 3.63) is 41.7 Å². The Balaban J connectivity index is 1.62. The maximum absolute atomic E-state index is 11.3. The number of aromatic nitrogens is 4. The molecule has 0 spiro atoms. The van der Waals surface area contributed by atoms with Crippen LogP contribution in [0.2, 0.25) is 0 Å². The van der Waals surface area contributed by atoms with Crippen LogP contribution in [0.5, 0.6) is 11.5 Å². The van der Waals surface area contributed by atoms with Gasteiger partial charge in [-0.25, -0.2) is 18.4 Å². The largest absolute Gasteiger partial charge is 0.496 e. The fourth-order valence-corrected chi connectivity index (χ4v) is 5.11. The smallest absolute Gasteiger partial charge is 0.227 e. The molecule has 9 nitrogen and oxygen atoms in total. The molecule has 1 N–H and O–H groups in total. The van der Waals surface area contributed by atoms with E-state index in [4.69, 9.17) is 14.5 Å². The molecular formula is C22H25N5O4S2. The van der Waals surface area contributed by atoms with Crippen molar-refractivity contribution in [2.45, 2.75) is 13.3 Å². The van der Waals surface area contributed by atoms with Crippen molar-refractivity contribution >= 4 is 43.0 Å². The van der Waals surface area contributed by atoms with Crippen LogP contribution in [0.3, 0.4) is 0 Å². The number of nitrogens with zero attached hydrogens (tertiary/aromatic N) is 4. The summed E-state index contributed by atoms with van der Waals surface area (Å²) >= 11 is 1.62. The van der Waals surface area contributed by atoms with Crippen LogP contribution in [0, 0.1) is 6.92 Å². The number of anilines is 2. The highest BCUT2D eigenvalue weighted by Crippen LogP contribution is 2.42. The molecule has 3 aromatic heterocycles. The zero-order valence-electron chi connectivity index (χ0n) is 18.8. The van der Waals surface area contributed by atoms with Gasteiger partial charge in [0, 0.05) is 41.6 Å². The van der Waals surface area contributed by atoms with E-state index in [0.717, 1.165) is 31.9 Å². The number of benzene rings is 1. The Bertz CT molecular complexity index is 1400. The fourth-order valence-electron chi connectivity index (χ4n) is 3.48. The van der Waals surface area contributed by atoms with E-state index in [1.807, 2.05) is 44.6 Å². The van der Waals surface area contributed by atoms with Gasteiger partial charge in [0.1, 0.15) is 21.3 Å². The van der Waals surface area contributed by atoms with Gasteiger partial charge in [0.15, 0.2) is 0 Å². The first kappa shape index (κ1) is 23.0. The number of rotatable bonds is 9. The molecule has 174 valence electrons. The number of sulfone groups is 1. The summed E-state index contributed by atoms with van der Waals surface area (Å²) in [5.74, 6) is 1.85. The number of hydrogen-bond acceptors (Lipinski definition) is 9. The summed E-state index contributed by atoms with van der Waals surface area (Å²) in [5, 5.41) is 7.34. The van der Waals surface area contributed by atoms with E-state index >= 15 is 0 Å². The van der Waals surface area contributed by atoms with Gasteiger partial charge in [0.05, 0.1) is 47.8 Å². The number of fused-ring (bicyclic) bond motifs is 1. The van der Waals surface area contributed by atoms with E-state index in [2.05, 4.69) is 15.4 Å². The maximum Gasteiger partial charge on any atom is 0.227 e. The molecule has 0 aliphatic heterocycles. The van der Waals surface area contributed by atoms with Crippen LogP contribution in [0.25, 0.3) is 21.3 Å². The molecule has 4 aromatic rings. The van der Waals surface area contributed by atoms with Crippen LogP contribution < -0.4 is 14.8 Å². The summed E-state index contributed by atoms with van der Waals surface area (Å²) in [6, 6.07) is 5.61. The topological polar surface area (TPSA) is 108 Å². The van der Waals surface area contributed by atoms with Gasteiger partial charge in [-0.2, -0.15) is 5.10 Å². The van der Waals surface area contributed by atoms with Gasteiger partial charge in [-0.15, -0.1) is 11.3 Å². The lowest BCUT2D eigenvalue weighted by Crippen LogP contribution is -2.08. The number of hydrogen-bond donors (Lipinski definition) is 1. The van der Waals surface area contributed by atoms with Gasteiger partial charge in [-0.05, 0) is 25.5 Å². The average Bonchev–Trinajstić information content (AvgIpc) is 3.32. The third-order valence-electron chi connectivity index (χ3n) is 4.94. The normalized spacial score (nSPS) is 11.6. The Hall–Kier alpha value is -3.18. The van der Waals surface area contributed by atoms with E-state index in [1.165, 1.54) is 6.26 Å². The molecule has 4 rings (SSSR count). The number of thiophene rings is 1. The van der Waals surface area contributed by atoms with Gasteiger partial charge in [0.2, 0.25) is 5.95 Å². The van der Waals surface area contributed by atoms with Gasteiger partial charge < -0.3 is 14.8 Å². The third-order valence-corrected chi connectivity index (χ3v) is 7.00. The predicted octanol–water partition coefficient (Wildman–Crippen LogP) is 3.97. The number of aryl methyl sites for hydroxylation is 2. The summed E-state index contributed by atoms with van der Waals surface area (Å²) < 4.78 is 36.7. The molecule has 0 aliphatic rings. The summed E-state index contributed by atoms with van der Waals surface area (Å²) in [4.78, 5) is 10.3. The first-order valence-corrected chi connectivity index (χ1v) is 13.1. The summed E-state index contributed by atoms with van der Waals surface area (Å²) in [7, 11) is 0.459. The predicted molar refractivity (Wildman–Crippen MR) is 130 cm³/mol. The van der Waals surface area contributed by atoms with Crippen molar-refractivity contribution < 1.29 is 17.9 Å². The minimum Gasteiger partial charge on any atom is -0.496 e. The highest BCUT2D eigenvalue weighted by atomic mass is 32.2. The first-order valence-electron chi connectivity index (χ1n) is 10.2. The minimum atomic E-state index is -3.00. The Morgan fingerprint density at radius 2 is 2.06 bits per heavy atom. The van der Waals surface area contributed by atoms with Gasteiger partial charge in [-0.1, -0.05) is 0 Å². The number of ether oxygens (including phenoxy) is 2. The van der Waals surface area contributed by atoms with Crippen LogP contribution in [0.15, 0.2) is 36.8 Å². The van der Waals surface area contributed by atoms with Gasteiger partial charge >= 0.3 is 0 Å². The highest BCUT2D eigenvalue weighted by Gasteiger charge is 2.18. The van der Waals surface area contributed by atoms with Gasteiger partial charge in [-0.3, -0.25) is 4.68 Å². The van der Waals surface area contributed by atoms with Crippen molar-refractivity contribution in [3.8, 4) is 22.6 Å². The molecule has 3 heterocycles. The van der Waals surface area contributed by atoms with Crippen molar-refractivity contribution in [1.82, 2.24) is 19.7 Å². The molecule has 0 aliphatic carbocycles. The van der Waals surface area contributed by atoms with E-state index in [0.29, 0.717) is 30.5 Å². The molecule has 0 saturated heterocycles. The number of methoxy groups -OCH3 is 1. The first-order chi connectivity index (χ1) is 15.7. The Morgan fingerprint density at radius 3 is 2.76 bits per heavy atom. The van der Waals surface area contributed by atoms with Crippen molar-refractivity contribution in [3.63, 3.8) is 0 Å². The van der Waals surface area contributed by atoms with Crippen LogP contribution in [-0.4, -0.2) is 53.9 Å². The van der Waals surface area contributed by atoms with Crippen molar-refractivity contribution in [2.24, 2.45) is 7.05 Å². The fraction of sp³-hybridized carbons (Fsp3) is 0.318. The van der Waals surface area contributed by atoms with E-state index in [9.17, 15) is 8.42 Å². The Labute approximate surface area is 196 Å². The lowest BCUT2D eigenvalue weighted by molar-refractivity contribution is 0.315. The summed E-state index contributed by atoms with van der Waals surface area (Å²) in [6.45, 7) is 2.36. The summed E-state index contributed by atoms with van der Waals surface area (Å²) in [6.07, 6.45) is 7.03. The second kappa shape index (κ2) is 9.36. The number of nitrogens with one attached hydrogen (secondary N) is 1. The molecule has 0 unspecified atom stereocenters. The Kier molecular flexibility index (Phi) is 6.52. The van der Waals surface area contributed by atoms with Crippen LogP contribution >= 0.6 is 11.3 Å². The Morgan fingerprint density at radius 1 is 1.24 bits per heavy atom. The molecule has 0 saturated carbocycles. The monoisotopic (exact) mass is 487 g/mol. The average molecular weight is 488 g/mol. The standard InChI is InChI=1S/C22H25N5O4S2/c1-14-20(17-7-6-16(10-18(17)30-3)31-8-5-9-33(4,28)29)21-19(32-14)12-23-22(26-21)25-15-11-24-27(2)13-15/h6-7,10-13H,5,8-9H2,1-4H3,(H,23,25,26). The summed E-state index contributed by atoms with van der Waals surface area (Å²) in [5.41, 5.74) is 3.52. The van der Waals surface area contributed by atoms with Crippen molar-refractivity contribution in [1.29, 1.82) is 0 Å². The van der Waals surface area contributed by atoms with Crippen LogP contribution in [-0.2, 0) is 16.9 Å². The zero-order valence-corrected chi connectivity index (χ0v) is 20.5. The molecule has 1 aromatic carbocycles. The highest BCUT2D eigenvalue weighted by molar-refractivity contribution is 7.90. The maximum atomic E-state index is 11.3. The molecule has 0 radical (unpaired) electrons. The molecule has 33 heavy (non-hydrogen) atoms. The van der Waals surface area contributed by atoms with Crippen LogP contribution in [0.1, 0.15) is 11.3 Å². The quantitative estimate of drug-likeness (QED) is 0.353. The minimum absolute atomic E-state index is 0.0947. The van der Waals surface area contributed by atoms with Crippen LogP contribution in [0.4, 0.5) is 11.6 Å². The lowest BCUT2D eigenvalue weighted by atomic mass is 10.0. The molecule has 0 fully saturated rings. The SMILES string of the molecule is COc1cc(OCCCS(C)(=O)=O)ccc1-c1c(C)sc2cnc(Nc3cnn(C)c3)nc12.